The van der Waals surface area contributed by atoms with Crippen LogP contribution in [0.15, 0.2) is 48.5 Å². The third-order valence-electron chi connectivity index (χ3n) is 4.45. The van der Waals surface area contributed by atoms with Crippen molar-refractivity contribution in [1.82, 2.24) is 5.32 Å². The van der Waals surface area contributed by atoms with Crippen molar-refractivity contribution in [3.8, 4) is 5.75 Å². The molecule has 2 aromatic carbocycles. The molecule has 6 nitrogen and oxygen atoms in total. The van der Waals surface area contributed by atoms with Crippen LogP contribution >= 0.6 is 0 Å². The van der Waals surface area contributed by atoms with Crippen LogP contribution in [0.3, 0.4) is 0 Å². The van der Waals surface area contributed by atoms with Crippen LogP contribution in [0.5, 0.6) is 5.75 Å². The number of ether oxygens (including phenoxy) is 1. The minimum absolute atomic E-state index is 0.0937. The number of rotatable bonds is 5. The van der Waals surface area contributed by atoms with Crippen molar-refractivity contribution in [3.05, 3.63) is 54.1 Å². The van der Waals surface area contributed by atoms with Gasteiger partial charge < -0.3 is 20.3 Å². The van der Waals surface area contributed by atoms with Gasteiger partial charge >= 0.3 is 6.03 Å². The summed E-state index contributed by atoms with van der Waals surface area (Å²) in [5.74, 6) is 0.929. The minimum atomic E-state index is -0.281. The van der Waals surface area contributed by atoms with Crippen LogP contribution in [0, 0.1) is 12.8 Å². The van der Waals surface area contributed by atoms with Gasteiger partial charge in [0, 0.05) is 36.8 Å². The molecule has 136 valence electrons. The normalized spacial score (nSPS) is 16.5. The molecule has 1 saturated heterocycles. The summed E-state index contributed by atoms with van der Waals surface area (Å²) >= 11 is 0. The summed E-state index contributed by atoms with van der Waals surface area (Å²) in [5.41, 5.74) is 2.76. The van der Waals surface area contributed by atoms with Crippen molar-refractivity contribution in [2.24, 2.45) is 5.92 Å². The number of anilines is 2. The van der Waals surface area contributed by atoms with Crippen LogP contribution < -0.4 is 20.3 Å². The first-order chi connectivity index (χ1) is 12.5. The summed E-state index contributed by atoms with van der Waals surface area (Å²) in [5, 5.41) is 5.62. The van der Waals surface area contributed by atoms with Crippen molar-refractivity contribution in [2.75, 3.05) is 30.4 Å². The zero-order valence-electron chi connectivity index (χ0n) is 15.0. The molecule has 1 heterocycles. The molecule has 26 heavy (non-hydrogen) atoms. The summed E-state index contributed by atoms with van der Waals surface area (Å²) in [4.78, 5) is 26.1. The predicted molar refractivity (Wildman–Crippen MR) is 102 cm³/mol. The smallest absolute Gasteiger partial charge is 0.319 e. The second kappa shape index (κ2) is 7.91. The van der Waals surface area contributed by atoms with Crippen LogP contribution in [0.2, 0.25) is 0 Å². The van der Waals surface area contributed by atoms with Crippen LogP contribution in [0.25, 0.3) is 0 Å². The maximum Gasteiger partial charge on any atom is 0.319 e. The molecule has 3 rings (SSSR count). The summed E-state index contributed by atoms with van der Waals surface area (Å²) < 4.78 is 5.09. The van der Waals surface area contributed by atoms with Gasteiger partial charge in [-0.1, -0.05) is 17.7 Å². The van der Waals surface area contributed by atoms with Gasteiger partial charge in [0.2, 0.25) is 5.91 Å². The van der Waals surface area contributed by atoms with Crippen molar-refractivity contribution < 1.29 is 14.3 Å². The van der Waals surface area contributed by atoms with E-state index in [9.17, 15) is 9.59 Å². The van der Waals surface area contributed by atoms with Crippen molar-refractivity contribution in [1.29, 1.82) is 0 Å². The molecule has 6 heteroatoms. The fourth-order valence-corrected chi connectivity index (χ4v) is 2.98. The summed E-state index contributed by atoms with van der Waals surface area (Å²) in [6.45, 7) is 3.09. The second-order valence-corrected chi connectivity index (χ2v) is 6.47. The maximum atomic E-state index is 12.3. The Morgan fingerprint density at radius 2 is 1.85 bits per heavy atom. The Bertz CT molecular complexity index is 772. The molecule has 0 aliphatic carbocycles. The third kappa shape index (κ3) is 4.33. The van der Waals surface area contributed by atoms with Gasteiger partial charge in [0.1, 0.15) is 5.75 Å². The average Bonchev–Trinajstić information content (AvgIpc) is 3.02. The molecule has 1 aliphatic rings. The van der Waals surface area contributed by atoms with Gasteiger partial charge in [-0.2, -0.15) is 0 Å². The number of carbonyl (C=O) groups is 2. The molecule has 0 spiro atoms. The van der Waals surface area contributed by atoms with Gasteiger partial charge in [-0.3, -0.25) is 4.79 Å². The first-order valence-electron chi connectivity index (χ1n) is 8.61. The number of hydrogen-bond donors (Lipinski definition) is 2. The summed E-state index contributed by atoms with van der Waals surface area (Å²) in [6.07, 6.45) is 0.441. The lowest BCUT2D eigenvalue weighted by Gasteiger charge is -2.17. The largest absolute Gasteiger partial charge is 0.497 e. The first-order valence-corrected chi connectivity index (χ1v) is 8.61. The molecular formula is C20H23N3O3. The molecule has 3 amide bonds. The monoisotopic (exact) mass is 353 g/mol. The number of urea groups is 1. The highest BCUT2D eigenvalue weighted by Gasteiger charge is 2.30. The zero-order chi connectivity index (χ0) is 18.5. The minimum Gasteiger partial charge on any atom is -0.497 e. The van der Waals surface area contributed by atoms with E-state index < -0.39 is 0 Å². The topological polar surface area (TPSA) is 70.7 Å². The number of aryl methyl sites for hydroxylation is 1. The number of carbonyl (C=O) groups excluding carboxylic acids is 2. The predicted octanol–water partition coefficient (Wildman–Crippen LogP) is 3.18. The lowest BCUT2D eigenvalue weighted by molar-refractivity contribution is -0.117. The number of methoxy groups -OCH3 is 1. The van der Waals surface area contributed by atoms with Gasteiger partial charge in [-0.15, -0.1) is 0 Å². The van der Waals surface area contributed by atoms with Crippen molar-refractivity contribution >= 4 is 23.3 Å². The second-order valence-electron chi connectivity index (χ2n) is 6.47. The first kappa shape index (κ1) is 17.8. The van der Waals surface area contributed by atoms with E-state index in [0.717, 1.165) is 17.0 Å². The Labute approximate surface area is 153 Å². The summed E-state index contributed by atoms with van der Waals surface area (Å²) in [6, 6.07) is 14.7. The number of nitrogens with one attached hydrogen (secondary N) is 2. The Hall–Kier alpha value is -3.02. The molecule has 0 aromatic heterocycles. The maximum absolute atomic E-state index is 12.3. The van der Waals surface area contributed by atoms with Crippen LogP contribution in [0.4, 0.5) is 16.2 Å². The van der Waals surface area contributed by atoms with Gasteiger partial charge in [0.05, 0.1) is 7.11 Å². The van der Waals surface area contributed by atoms with E-state index in [4.69, 9.17) is 4.74 Å². The van der Waals surface area contributed by atoms with Gasteiger partial charge in [-0.25, -0.2) is 4.79 Å². The molecule has 2 aromatic rings. The van der Waals surface area contributed by atoms with Crippen LogP contribution in [-0.2, 0) is 4.79 Å². The zero-order valence-corrected chi connectivity index (χ0v) is 15.0. The highest BCUT2D eigenvalue weighted by Crippen LogP contribution is 2.25. The number of hydrogen-bond acceptors (Lipinski definition) is 3. The third-order valence-corrected chi connectivity index (χ3v) is 4.45. The van der Waals surface area contributed by atoms with Crippen molar-refractivity contribution in [2.45, 2.75) is 13.3 Å². The molecule has 1 atom stereocenters. The Morgan fingerprint density at radius 1 is 1.15 bits per heavy atom. The Kier molecular flexibility index (Phi) is 5.41. The van der Waals surface area contributed by atoms with E-state index in [1.54, 1.807) is 36.3 Å². The van der Waals surface area contributed by atoms with E-state index in [0.29, 0.717) is 25.2 Å². The van der Waals surface area contributed by atoms with Crippen LogP contribution in [-0.4, -0.2) is 32.1 Å². The molecule has 0 radical (unpaired) electrons. The number of amides is 3. The molecular weight excluding hydrogens is 330 g/mol. The molecule has 1 fully saturated rings. The van der Waals surface area contributed by atoms with E-state index in [1.807, 2.05) is 31.2 Å². The molecule has 1 aliphatic heterocycles. The molecule has 0 saturated carbocycles. The quantitative estimate of drug-likeness (QED) is 0.867. The van der Waals surface area contributed by atoms with E-state index >= 15 is 0 Å². The fraction of sp³-hybridized carbons (Fsp3) is 0.300. The van der Waals surface area contributed by atoms with Crippen LogP contribution in [0.1, 0.15) is 12.0 Å². The Balaban J connectivity index is 1.49. The summed E-state index contributed by atoms with van der Waals surface area (Å²) in [7, 11) is 1.60. The van der Waals surface area contributed by atoms with E-state index in [-0.39, 0.29) is 17.9 Å². The highest BCUT2D eigenvalue weighted by molar-refractivity contribution is 5.96. The Morgan fingerprint density at radius 3 is 2.50 bits per heavy atom. The fourth-order valence-electron chi connectivity index (χ4n) is 2.98. The number of benzene rings is 2. The molecule has 0 bridgehead atoms. The SMILES string of the molecule is COc1ccc(NC(=O)NCC2CC(=O)N(c3ccc(C)cc3)C2)cc1. The van der Waals surface area contributed by atoms with E-state index in [2.05, 4.69) is 10.6 Å². The van der Waals surface area contributed by atoms with Gasteiger partial charge in [0.15, 0.2) is 0 Å². The molecule has 1 unspecified atom stereocenters. The standard InChI is InChI=1S/C20H23N3O3/c1-14-3-7-17(8-4-14)23-13-15(11-19(23)24)12-21-20(25)22-16-5-9-18(26-2)10-6-16/h3-10,15H,11-13H2,1-2H3,(H2,21,22,25). The highest BCUT2D eigenvalue weighted by atomic mass is 16.5. The lowest BCUT2D eigenvalue weighted by Crippen LogP contribution is -2.34. The lowest BCUT2D eigenvalue weighted by atomic mass is 10.1. The number of nitrogens with zero attached hydrogens (tertiary/aromatic N) is 1. The van der Waals surface area contributed by atoms with Gasteiger partial charge in [0.25, 0.3) is 0 Å². The average molecular weight is 353 g/mol. The van der Waals surface area contributed by atoms with E-state index in [1.165, 1.54) is 0 Å². The molecule has 2 N–H and O–H groups in total. The van der Waals surface area contributed by atoms with Crippen molar-refractivity contribution in [3.63, 3.8) is 0 Å². The van der Waals surface area contributed by atoms with Gasteiger partial charge in [-0.05, 0) is 43.3 Å².